The van der Waals surface area contributed by atoms with E-state index in [0.29, 0.717) is 11.1 Å². The third-order valence-electron chi connectivity index (χ3n) is 15.6. The minimum Gasteiger partial charge on any atom is -0.418 e. The standard InChI is InChI=1S/C56H48N2O4/c1-53(2)35-15-11-13-17-43(35)57(9)45-27-39-33(25-41(45)53)31-21-19-29(23-37(31)55(39,5)6)47-49-50(62-51(47)59)48(52(60)61-49)30-20-22-32-34-26-42-46(28-40(34)56(7,8)38(32)24-30)58(10)44-18-14-12-16-36(44)54(42,3)4/h11-28H,1-10H3. The molecule has 0 aromatic heterocycles. The second-order valence-electron chi connectivity index (χ2n) is 20.2. The van der Waals surface area contributed by atoms with Crippen molar-refractivity contribution in [2.75, 3.05) is 23.9 Å². The highest BCUT2D eigenvalue weighted by Gasteiger charge is 2.47. The molecule has 0 saturated carbocycles. The van der Waals surface area contributed by atoms with Crippen molar-refractivity contribution in [3.8, 4) is 22.3 Å². The van der Waals surface area contributed by atoms with Gasteiger partial charge in [-0.2, -0.15) is 0 Å². The Morgan fingerprint density at radius 2 is 0.726 bits per heavy atom. The van der Waals surface area contributed by atoms with E-state index in [1.807, 2.05) is 12.1 Å². The van der Waals surface area contributed by atoms with Gasteiger partial charge in [0, 0.05) is 58.5 Å². The number of hydrogen-bond donors (Lipinski definition) is 0. The smallest absolute Gasteiger partial charge is 0.348 e. The molecule has 6 aliphatic rings. The summed E-state index contributed by atoms with van der Waals surface area (Å²) in [5, 5.41) is 0. The minimum atomic E-state index is -0.517. The third kappa shape index (κ3) is 4.44. The van der Waals surface area contributed by atoms with Gasteiger partial charge in [0.2, 0.25) is 0 Å². The Morgan fingerprint density at radius 1 is 0.371 bits per heavy atom. The lowest BCUT2D eigenvalue weighted by atomic mass is 9.72. The summed E-state index contributed by atoms with van der Waals surface area (Å²) in [4.78, 5) is 32.5. The molecule has 0 bridgehead atoms. The summed E-state index contributed by atoms with van der Waals surface area (Å²) in [5.41, 5.74) is 20.3. The largest absolute Gasteiger partial charge is 0.418 e. The van der Waals surface area contributed by atoms with Gasteiger partial charge in [-0.3, -0.25) is 0 Å². The highest BCUT2D eigenvalue weighted by molar-refractivity contribution is 6.29. The first-order valence-corrected chi connectivity index (χ1v) is 21.7. The molecule has 306 valence electrons. The van der Waals surface area contributed by atoms with Crippen molar-refractivity contribution in [1.82, 2.24) is 0 Å². The van der Waals surface area contributed by atoms with E-state index in [1.54, 1.807) is 0 Å². The average Bonchev–Trinajstić information content (AvgIpc) is 3.88. The van der Waals surface area contributed by atoms with Crippen LogP contribution in [0, 0.1) is 0 Å². The summed E-state index contributed by atoms with van der Waals surface area (Å²) in [6, 6.07) is 39.2. The van der Waals surface area contributed by atoms with Crippen molar-refractivity contribution < 1.29 is 19.1 Å². The molecule has 2 aliphatic carbocycles. The topological polar surface area (TPSA) is 59.1 Å². The molecule has 6 aromatic carbocycles. The van der Waals surface area contributed by atoms with Crippen LogP contribution in [0.1, 0.15) is 111 Å². The highest BCUT2D eigenvalue weighted by Crippen LogP contribution is 2.58. The maximum atomic E-state index is 14.0. The molecule has 4 aliphatic heterocycles. The van der Waals surface area contributed by atoms with Gasteiger partial charge in [0.25, 0.3) is 0 Å². The fourth-order valence-electron chi connectivity index (χ4n) is 11.9. The van der Waals surface area contributed by atoms with E-state index >= 15 is 0 Å². The Bertz CT molecular complexity index is 2990. The lowest BCUT2D eigenvalue weighted by molar-refractivity contribution is -0.131. The maximum absolute atomic E-state index is 14.0. The van der Waals surface area contributed by atoms with Crippen LogP contribution in [0.4, 0.5) is 22.7 Å². The third-order valence-corrected chi connectivity index (χ3v) is 15.6. The number of fused-ring (bicyclic) bond motifs is 11. The van der Waals surface area contributed by atoms with Crippen LogP contribution in [-0.4, -0.2) is 26.0 Å². The van der Waals surface area contributed by atoms with Gasteiger partial charge in [-0.15, -0.1) is 0 Å². The van der Waals surface area contributed by atoms with Gasteiger partial charge in [-0.1, -0.05) is 116 Å². The molecule has 4 heterocycles. The Morgan fingerprint density at radius 3 is 1.13 bits per heavy atom. The lowest BCUT2D eigenvalue weighted by Crippen LogP contribution is -2.31. The highest BCUT2D eigenvalue weighted by atomic mass is 16.6. The van der Waals surface area contributed by atoms with Gasteiger partial charge in [0.05, 0.1) is 0 Å². The van der Waals surface area contributed by atoms with E-state index in [-0.39, 0.29) is 44.3 Å². The molecule has 6 heteroatoms. The molecule has 0 fully saturated rings. The minimum absolute atomic E-state index is 0.188. The van der Waals surface area contributed by atoms with Gasteiger partial charge in [0.15, 0.2) is 11.5 Å². The number of nitrogens with zero attached hydrogens (tertiary/aromatic N) is 2. The van der Waals surface area contributed by atoms with Gasteiger partial charge in [0.1, 0.15) is 11.1 Å². The first-order chi connectivity index (χ1) is 29.4. The molecule has 0 radical (unpaired) electrons. The van der Waals surface area contributed by atoms with E-state index in [2.05, 4.69) is 176 Å². The zero-order valence-corrected chi connectivity index (χ0v) is 36.9. The maximum Gasteiger partial charge on any atom is 0.348 e. The fourth-order valence-corrected chi connectivity index (χ4v) is 11.9. The van der Waals surface area contributed by atoms with Crippen LogP contribution in [0.2, 0.25) is 0 Å². The molecule has 0 N–H and O–H groups in total. The average molecular weight is 813 g/mol. The number of benzene rings is 6. The van der Waals surface area contributed by atoms with Crippen LogP contribution in [0.3, 0.4) is 0 Å². The SMILES string of the molecule is CN1c2ccccc2C(C)(C)c2cc3c(cc21)C(C)(C)c1cc(C2=C4OC(=O)C(c5ccc6c(c5)C(C)(C)c5cc7c(cc5-6)C(C)(C)c5ccccc5N7C)=C4OC2=O)ccc1-3. The number of ether oxygens (including phenoxy) is 2. The number of carbonyl (C=O) groups excluding carboxylic acids is 2. The summed E-state index contributed by atoms with van der Waals surface area (Å²) >= 11 is 0. The van der Waals surface area contributed by atoms with E-state index in [0.717, 1.165) is 22.3 Å². The normalized spacial score (nSPS) is 19.5. The number of rotatable bonds is 2. The molecule has 6 nitrogen and oxygen atoms in total. The molecular weight excluding hydrogens is 765 g/mol. The summed E-state index contributed by atoms with van der Waals surface area (Å²) in [6.45, 7) is 18.2. The predicted molar refractivity (Wildman–Crippen MR) is 247 cm³/mol. The summed E-state index contributed by atoms with van der Waals surface area (Å²) in [6.07, 6.45) is 0. The second-order valence-corrected chi connectivity index (χ2v) is 20.2. The lowest BCUT2D eigenvalue weighted by Gasteiger charge is -2.41. The molecular formula is C56H48N2O4. The molecule has 6 aromatic rings. The predicted octanol–water partition coefficient (Wildman–Crippen LogP) is 12.3. The quantitative estimate of drug-likeness (QED) is 0.162. The van der Waals surface area contributed by atoms with Crippen LogP contribution in [0.5, 0.6) is 0 Å². The monoisotopic (exact) mass is 812 g/mol. The Balaban J connectivity index is 0.934. The summed E-state index contributed by atoms with van der Waals surface area (Å²) in [7, 11) is 4.31. The molecule has 0 unspecified atom stereocenters. The van der Waals surface area contributed by atoms with Crippen LogP contribution in [0.25, 0.3) is 33.4 Å². The Kier molecular flexibility index (Phi) is 6.96. The van der Waals surface area contributed by atoms with Gasteiger partial charge in [-0.25, -0.2) is 9.59 Å². The molecule has 0 atom stereocenters. The summed E-state index contributed by atoms with van der Waals surface area (Å²) < 4.78 is 12.1. The second kappa shape index (κ2) is 11.6. The fraction of sp³-hybridized carbons (Fsp3) is 0.250. The zero-order valence-electron chi connectivity index (χ0n) is 36.9. The molecule has 0 spiro atoms. The zero-order chi connectivity index (χ0) is 43.2. The number of carbonyl (C=O) groups is 2. The van der Waals surface area contributed by atoms with E-state index in [4.69, 9.17) is 9.47 Å². The Labute approximate surface area is 363 Å². The van der Waals surface area contributed by atoms with Crippen molar-refractivity contribution >= 4 is 45.8 Å². The van der Waals surface area contributed by atoms with E-state index < -0.39 is 11.9 Å². The molecule has 12 rings (SSSR count). The van der Waals surface area contributed by atoms with Crippen molar-refractivity contribution in [3.63, 3.8) is 0 Å². The number of anilines is 4. The van der Waals surface area contributed by atoms with Crippen molar-refractivity contribution in [2.24, 2.45) is 0 Å². The van der Waals surface area contributed by atoms with Crippen molar-refractivity contribution in [2.45, 2.75) is 77.0 Å². The van der Waals surface area contributed by atoms with Crippen LogP contribution < -0.4 is 9.80 Å². The van der Waals surface area contributed by atoms with Crippen LogP contribution in [0.15, 0.2) is 121 Å². The molecule has 62 heavy (non-hydrogen) atoms. The summed E-state index contributed by atoms with van der Waals surface area (Å²) in [5.74, 6) is -0.644. The first kappa shape index (κ1) is 37.1. The van der Waals surface area contributed by atoms with Gasteiger partial charge < -0.3 is 19.3 Å². The number of esters is 2. The van der Waals surface area contributed by atoms with Crippen molar-refractivity contribution in [1.29, 1.82) is 0 Å². The molecule has 0 saturated heterocycles. The van der Waals surface area contributed by atoms with Gasteiger partial charge >= 0.3 is 11.9 Å². The number of hydrogen-bond acceptors (Lipinski definition) is 6. The van der Waals surface area contributed by atoms with Crippen LogP contribution in [-0.2, 0) is 40.7 Å². The van der Waals surface area contributed by atoms with E-state index in [1.165, 1.54) is 67.3 Å². The van der Waals surface area contributed by atoms with Crippen molar-refractivity contribution in [3.05, 3.63) is 176 Å². The Hall–Kier alpha value is -6.66. The van der Waals surface area contributed by atoms with E-state index in [9.17, 15) is 9.59 Å². The molecule has 0 amide bonds. The number of para-hydroxylation sites is 2. The first-order valence-electron chi connectivity index (χ1n) is 21.7. The van der Waals surface area contributed by atoms with Crippen LogP contribution >= 0.6 is 0 Å². The van der Waals surface area contributed by atoms with Gasteiger partial charge in [-0.05, 0) is 126 Å².